The quantitative estimate of drug-likeness (QED) is 0.810. The van der Waals surface area contributed by atoms with Crippen molar-refractivity contribution in [2.45, 2.75) is 18.9 Å². The van der Waals surface area contributed by atoms with Crippen molar-refractivity contribution < 1.29 is 23.8 Å². The average Bonchev–Trinajstić information content (AvgIpc) is 3.40. The number of benzene rings is 2. The predicted octanol–water partition coefficient (Wildman–Crippen LogP) is 2.71. The Labute approximate surface area is 144 Å². The van der Waals surface area contributed by atoms with Crippen molar-refractivity contribution in [3.8, 4) is 5.75 Å². The maximum Gasteiger partial charge on any atom is 0.341 e. The fourth-order valence-corrected chi connectivity index (χ4v) is 2.77. The number of hydrogen-bond donors (Lipinski definition) is 2. The minimum atomic E-state index is -1.04. The van der Waals surface area contributed by atoms with Crippen LogP contribution in [-0.2, 0) is 16.1 Å². The van der Waals surface area contributed by atoms with Crippen molar-refractivity contribution in [1.82, 2.24) is 5.32 Å². The van der Waals surface area contributed by atoms with E-state index < -0.39 is 12.6 Å². The molecule has 2 N–H and O–H groups in total. The second kappa shape index (κ2) is 7.34. The molecule has 1 aliphatic carbocycles. The van der Waals surface area contributed by atoms with Crippen LogP contribution >= 0.6 is 0 Å². The fraction of sp³-hybridized carbons (Fsp3) is 0.263. The molecule has 2 aromatic carbocycles. The molecular formula is C19H18FNO4. The van der Waals surface area contributed by atoms with Crippen LogP contribution in [0.5, 0.6) is 5.75 Å². The molecule has 0 saturated heterocycles. The van der Waals surface area contributed by atoms with Crippen molar-refractivity contribution >= 4 is 11.9 Å². The molecule has 5 nitrogen and oxygen atoms in total. The Kier molecular flexibility index (Phi) is 4.97. The lowest BCUT2D eigenvalue weighted by atomic mass is 10.1. The number of halogens is 1. The maximum absolute atomic E-state index is 12.9. The van der Waals surface area contributed by atoms with Crippen LogP contribution in [0.2, 0.25) is 0 Å². The van der Waals surface area contributed by atoms with Gasteiger partial charge in [-0.05, 0) is 47.7 Å². The topological polar surface area (TPSA) is 75.6 Å². The first-order valence-corrected chi connectivity index (χ1v) is 7.99. The number of carbonyl (C=O) groups is 2. The number of amides is 1. The maximum atomic E-state index is 12.9. The highest BCUT2D eigenvalue weighted by Gasteiger charge is 2.43. The van der Waals surface area contributed by atoms with Gasteiger partial charge in [-0.25, -0.2) is 9.18 Å². The van der Waals surface area contributed by atoms with Crippen LogP contribution < -0.4 is 10.1 Å². The van der Waals surface area contributed by atoms with Gasteiger partial charge in [-0.3, -0.25) is 4.79 Å². The second-order valence-corrected chi connectivity index (χ2v) is 6.05. The summed E-state index contributed by atoms with van der Waals surface area (Å²) in [6.07, 6.45) is 0.763. The third-order valence-corrected chi connectivity index (χ3v) is 4.15. The number of carboxylic acid groups (broad SMARTS) is 1. The predicted molar refractivity (Wildman–Crippen MR) is 88.7 cm³/mol. The highest BCUT2D eigenvalue weighted by molar-refractivity contribution is 5.82. The minimum absolute atomic E-state index is 0.0359. The van der Waals surface area contributed by atoms with Gasteiger partial charge in [0, 0.05) is 12.5 Å². The summed E-state index contributed by atoms with van der Waals surface area (Å²) in [4.78, 5) is 22.8. The van der Waals surface area contributed by atoms with Gasteiger partial charge in [-0.15, -0.1) is 0 Å². The Morgan fingerprint density at radius 2 is 1.96 bits per heavy atom. The molecule has 0 spiro atoms. The van der Waals surface area contributed by atoms with Gasteiger partial charge in [0.2, 0.25) is 5.91 Å². The summed E-state index contributed by atoms with van der Waals surface area (Å²) in [5.74, 6) is -0.853. The molecule has 0 radical (unpaired) electrons. The van der Waals surface area contributed by atoms with E-state index in [9.17, 15) is 14.0 Å². The zero-order valence-corrected chi connectivity index (χ0v) is 13.4. The Bertz CT molecular complexity index is 775. The number of carbonyl (C=O) groups excluding carboxylic acids is 1. The summed E-state index contributed by atoms with van der Waals surface area (Å²) < 4.78 is 18.1. The van der Waals surface area contributed by atoms with E-state index in [1.807, 2.05) is 6.07 Å². The summed E-state index contributed by atoms with van der Waals surface area (Å²) in [7, 11) is 0. The van der Waals surface area contributed by atoms with E-state index in [-0.39, 0.29) is 23.6 Å². The third kappa shape index (κ3) is 4.56. The Balaban J connectivity index is 1.50. The molecule has 1 fully saturated rings. The molecular weight excluding hydrogens is 325 g/mol. The smallest absolute Gasteiger partial charge is 0.341 e. The molecule has 0 aliphatic heterocycles. The molecule has 2 atom stereocenters. The van der Waals surface area contributed by atoms with Crippen LogP contribution in [0.15, 0.2) is 48.5 Å². The number of rotatable bonds is 7. The van der Waals surface area contributed by atoms with E-state index in [4.69, 9.17) is 9.84 Å². The van der Waals surface area contributed by atoms with Crippen LogP contribution in [-0.4, -0.2) is 23.6 Å². The molecule has 1 saturated carbocycles. The third-order valence-electron chi connectivity index (χ3n) is 4.15. The lowest BCUT2D eigenvalue weighted by molar-refractivity contribution is -0.139. The number of hydrogen-bond acceptors (Lipinski definition) is 3. The van der Waals surface area contributed by atoms with Crippen LogP contribution in [0, 0.1) is 11.7 Å². The summed E-state index contributed by atoms with van der Waals surface area (Å²) >= 11 is 0. The van der Waals surface area contributed by atoms with Crippen LogP contribution in [0.4, 0.5) is 4.39 Å². The molecule has 0 heterocycles. The fourth-order valence-electron chi connectivity index (χ4n) is 2.77. The van der Waals surface area contributed by atoms with Crippen LogP contribution in [0.25, 0.3) is 0 Å². The van der Waals surface area contributed by atoms with E-state index in [0.717, 1.165) is 17.5 Å². The first-order chi connectivity index (χ1) is 12.0. The number of carboxylic acids is 1. The first-order valence-electron chi connectivity index (χ1n) is 7.99. The van der Waals surface area contributed by atoms with Crippen LogP contribution in [0.1, 0.15) is 23.5 Å². The SMILES string of the molecule is O=C(O)COc1cccc(CNC(=O)C2CC2c2ccc(F)cc2)c1. The summed E-state index contributed by atoms with van der Waals surface area (Å²) in [6.45, 7) is -0.0625. The molecule has 130 valence electrons. The molecule has 1 aliphatic rings. The van der Waals surface area contributed by atoms with E-state index >= 15 is 0 Å². The summed E-state index contributed by atoms with van der Waals surface area (Å²) in [6, 6.07) is 13.2. The molecule has 25 heavy (non-hydrogen) atoms. The first kappa shape index (κ1) is 17.0. The lowest BCUT2D eigenvalue weighted by Gasteiger charge is -2.08. The molecule has 1 amide bonds. The van der Waals surface area contributed by atoms with Crippen LogP contribution in [0.3, 0.4) is 0 Å². The van der Waals surface area contributed by atoms with Crippen molar-refractivity contribution in [1.29, 1.82) is 0 Å². The Morgan fingerprint density at radius 3 is 2.68 bits per heavy atom. The van der Waals surface area contributed by atoms with E-state index in [0.29, 0.717) is 12.3 Å². The highest BCUT2D eigenvalue weighted by Crippen LogP contribution is 2.47. The minimum Gasteiger partial charge on any atom is -0.482 e. The van der Waals surface area contributed by atoms with Gasteiger partial charge in [0.25, 0.3) is 0 Å². The van der Waals surface area contributed by atoms with E-state index in [2.05, 4.69) is 5.32 Å². The van der Waals surface area contributed by atoms with Gasteiger partial charge in [0.15, 0.2) is 6.61 Å². The number of ether oxygens (including phenoxy) is 1. The lowest BCUT2D eigenvalue weighted by Crippen LogP contribution is -2.24. The van der Waals surface area contributed by atoms with E-state index in [1.165, 1.54) is 12.1 Å². The normalized spacial score (nSPS) is 18.4. The highest BCUT2D eigenvalue weighted by atomic mass is 19.1. The Morgan fingerprint density at radius 1 is 1.20 bits per heavy atom. The standard InChI is InChI=1S/C19H18FNO4/c20-14-6-4-13(5-7-14)16-9-17(16)19(24)21-10-12-2-1-3-15(8-12)25-11-18(22)23/h1-8,16-17H,9-11H2,(H,21,24)(H,22,23). The number of aliphatic carboxylic acids is 1. The molecule has 3 rings (SSSR count). The largest absolute Gasteiger partial charge is 0.482 e. The molecule has 2 unspecified atom stereocenters. The summed E-state index contributed by atoms with van der Waals surface area (Å²) in [5, 5.41) is 11.5. The Hall–Kier alpha value is -2.89. The van der Waals surface area contributed by atoms with Gasteiger partial charge >= 0.3 is 5.97 Å². The molecule has 0 bridgehead atoms. The second-order valence-electron chi connectivity index (χ2n) is 6.05. The summed E-state index contributed by atoms with van der Waals surface area (Å²) in [5.41, 5.74) is 1.81. The zero-order valence-electron chi connectivity index (χ0n) is 13.4. The van der Waals surface area contributed by atoms with Gasteiger partial charge in [-0.1, -0.05) is 24.3 Å². The van der Waals surface area contributed by atoms with Gasteiger partial charge < -0.3 is 15.2 Å². The zero-order chi connectivity index (χ0) is 17.8. The van der Waals surface area contributed by atoms with Crippen molar-refractivity contribution in [3.63, 3.8) is 0 Å². The van der Waals surface area contributed by atoms with Crippen molar-refractivity contribution in [2.24, 2.45) is 5.92 Å². The van der Waals surface area contributed by atoms with Gasteiger partial charge in [0.1, 0.15) is 11.6 Å². The van der Waals surface area contributed by atoms with E-state index in [1.54, 1.807) is 30.3 Å². The van der Waals surface area contributed by atoms with Gasteiger partial charge in [0.05, 0.1) is 0 Å². The molecule has 6 heteroatoms. The van der Waals surface area contributed by atoms with Crippen molar-refractivity contribution in [3.05, 3.63) is 65.5 Å². The average molecular weight is 343 g/mol. The number of nitrogens with one attached hydrogen (secondary N) is 1. The monoisotopic (exact) mass is 343 g/mol. The molecule has 0 aromatic heterocycles. The van der Waals surface area contributed by atoms with Crippen molar-refractivity contribution in [2.75, 3.05) is 6.61 Å². The van der Waals surface area contributed by atoms with Gasteiger partial charge in [-0.2, -0.15) is 0 Å². The molecule has 2 aromatic rings.